The Balaban J connectivity index is 2.25. The Kier molecular flexibility index (Phi) is 5.92. The molecule has 1 heterocycles. The third-order valence-electron chi connectivity index (χ3n) is 4.21. The van der Waals surface area contributed by atoms with E-state index in [9.17, 15) is 4.79 Å². The van der Waals surface area contributed by atoms with E-state index < -0.39 is 5.60 Å². The van der Waals surface area contributed by atoms with Crippen molar-refractivity contribution in [1.82, 2.24) is 4.90 Å². The Morgan fingerprint density at radius 3 is 2.38 bits per heavy atom. The summed E-state index contributed by atoms with van der Waals surface area (Å²) in [5.41, 5.74) is 0.639. The standard InChI is InChI=1S/C20H31NO3/c1-14(2)23-18-12-17(16-10-8-7-9-11-16)21(13-15(18)3)19(22)24-20(4,5)6/h7-11,14-15,17-18H,12-13H2,1-6H3/t15-,17-,18+/m1/s1. The van der Waals surface area contributed by atoms with Crippen LogP contribution in [-0.2, 0) is 9.47 Å². The first-order chi connectivity index (χ1) is 11.2. The quantitative estimate of drug-likeness (QED) is 0.797. The summed E-state index contributed by atoms with van der Waals surface area (Å²) < 4.78 is 11.7. The average molecular weight is 333 g/mol. The lowest BCUT2D eigenvalue weighted by Crippen LogP contribution is -2.49. The van der Waals surface area contributed by atoms with Gasteiger partial charge in [0.2, 0.25) is 0 Å². The number of hydrogen-bond acceptors (Lipinski definition) is 3. The molecule has 134 valence electrons. The van der Waals surface area contributed by atoms with Crippen LogP contribution in [0.3, 0.4) is 0 Å². The van der Waals surface area contributed by atoms with Crippen molar-refractivity contribution < 1.29 is 14.3 Å². The van der Waals surface area contributed by atoms with Crippen LogP contribution in [0.2, 0.25) is 0 Å². The number of amides is 1. The molecule has 0 saturated carbocycles. The molecule has 1 aromatic rings. The van der Waals surface area contributed by atoms with Crippen LogP contribution in [0, 0.1) is 5.92 Å². The van der Waals surface area contributed by atoms with Crippen molar-refractivity contribution in [3.63, 3.8) is 0 Å². The van der Waals surface area contributed by atoms with Gasteiger partial charge in [0.05, 0.1) is 18.2 Å². The smallest absolute Gasteiger partial charge is 0.410 e. The van der Waals surface area contributed by atoms with E-state index >= 15 is 0 Å². The van der Waals surface area contributed by atoms with E-state index in [0.717, 1.165) is 12.0 Å². The molecule has 4 nitrogen and oxygen atoms in total. The first-order valence-electron chi connectivity index (χ1n) is 8.87. The minimum atomic E-state index is -0.493. The Labute approximate surface area is 146 Å². The maximum absolute atomic E-state index is 12.7. The highest BCUT2D eigenvalue weighted by Crippen LogP contribution is 2.36. The molecule has 0 aliphatic carbocycles. The molecule has 0 spiro atoms. The predicted octanol–water partition coefficient (Wildman–Crippen LogP) is 4.80. The van der Waals surface area contributed by atoms with Crippen LogP contribution in [0.5, 0.6) is 0 Å². The summed E-state index contributed by atoms with van der Waals surface area (Å²) in [5, 5.41) is 0. The Bertz CT molecular complexity index is 536. The number of benzene rings is 1. The van der Waals surface area contributed by atoms with Crippen molar-refractivity contribution >= 4 is 6.09 Å². The number of rotatable bonds is 3. The Morgan fingerprint density at radius 2 is 1.83 bits per heavy atom. The van der Waals surface area contributed by atoms with Crippen LogP contribution >= 0.6 is 0 Å². The SMILES string of the molecule is CC(C)O[C@H]1C[C@H](c2ccccc2)N(C(=O)OC(C)(C)C)C[C@H]1C. The molecule has 1 amide bonds. The van der Waals surface area contributed by atoms with Gasteiger partial charge in [-0.1, -0.05) is 37.3 Å². The molecule has 0 unspecified atom stereocenters. The number of nitrogens with zero attached hydrogens (tertiary/aromatic N) is 1. The minimum Gasteiger partial charge on any atom is -0.444 e. The van der Waals surface area contributed by atoms with Gasteiger partial charge >= 0.3 is 6.09 Å². The topological polar surface area (TPSA) is 38.8 Å². The lowest BCUT2D eigenvalue weighted by molar-refractivity contribution is -0.0774. The van der Waals surface area contributed by atoms with Gasteiger partial charge in [-0.3, -0.25) is 0 Å². The zero-order chi connectivity index (χ0) is 17.9. The molecule has 0 radical (unpaired) electrons. The van der Waals surface area contributed by atoms with Gasteiger partial charge in [0.1, 0.15) is 5.60 Å². The molecule has 0 bridgehead atoms. The molecule has 0 N–H and O–H groups in total. The molecule has 3 atom stereocenters. The summed E-state index contributed by atoms with van der Waals surface area (Å²) in [6, 6.07) is 10.2. The van der Waals surface area contributed by atoms with Crippen LogP contribution in [0.25, 0.3) is 0 Å². The highest BCUT2D eigenvalue weighted by molar-refractivity contribution is 5.69. The second kappa shape index (κ2) is 7.56. The van der Waals surface area contributed by atoms with E-state index in [0.29, 0.717) is 6.54 Å². The van der Waals surface area contributed by atoms with Gasteiger partial charge in [-0.25, -0.2) is 4.79 Å². The van der Waals surface area contributed by atoms with Crippen molar-refractivity contribution in [1.29, 1.82) is 0 Å². The van der Waals surface area contributed by atoms with Crippen LogP contribution in [0.4, 0.5) is 4.79 Å². The van der Waals surface area contributed by atoms with E-state index in [4.69, 9.17) is 9.47 Å². The zero-order valence-corrected chi connectivity index (χ0v) is 15.8. The average Bonchev–Trinajstić information content (AvgIpc) is 2.47. The number of piperidine rings is 1. The van der Waals surface area contributed by atoms with Gasteiger partial charge in [-0.2, -0.15) is 0 Å². The summed E-state index contributed by atoms with van der Waals surface area (Å²) in [6.07, 6.45) is 0.879. The summed E-state index contributed by atoms with van der Waals surface area (Å²) in [5.74, 6) is 0.278. The third-order valence-corrected chi connectivity index (χ3v) is 4.21. The molecule has 24 heavy (non-hydrogen) atoms. The van der Waals surface area contributed by atoms with Crippen molar-refractivity contribution in [3.8, 4) is 0 Å². The van der Waals surface area contributed by atoms with Crippen LogP contribution in [0.15, 0.2) is 30.3 Å². The normalized spacial score (nSPS) is 25.0. The van der Waals surface area contributed by atoms with Crippen LogP contribution in [0.1, 0.15) is 59.6 Å². The number of carbonyl (C=O) groups is 1. The predicted molar refractivity (Wildman–Crippen MR) is 95.9 cm³/mol. The van der Waals surface area contributed by atoms with Gasteiger partial charge in [-0.05, 0) is 46.6 Å². The Morgan fingerprint density at radius 1 is 1.21 bits per heavy atom. The van der Waals surface area contributed by atoms with Gasteiger partial charge in [0.25, 0.3) is 0 Å². The molecule has 1 saturated heterocycles. The fourth-order valence-corrected chi connectivity index (χ4v) is 3.19. The van der Waals surface area contributed by atoms with Gasteiger partial charge in [0.15, 0.2) is 0 Å². The largest absolute Gasteiger partial charge is 0.444 e. The van der Waals surface area contributed by atoms with E-state index in [-0.39, 0.29) is 30.3 Å². The van der Waals surface area contributed by atoms with Gasteiger partial charge < -0.3 is 14.4 Å². The van der Waals surface area contributed by atoms with E-state index in [1.54, 1.807) is 0 Å². The number of likely N-dealkylation sites (tertiary alicyclic amines) is 1. The fourth-order valence-electron chi connectivity index (χ4n) is 3.19. The second-order valence-corrected chi connectivity index (χ2v) is 8.00. The molecule has 4 heteroatoms. The first-order valence-corrected chi connectivity index (χ1v) is 8.87. The highest BCUT2D eigenvalue weighted by atomic mass is 16.6. The lowest BCUT2D eigenvalue weighted by atomic mass is 9.87. The number of carbonyl (C=O) groups excluding carboxylic acids is 1. The van der Waals surface area contributed by atoms with Gasteiger partial charge in [0, 0.05) is 12.5 Å². The second-order valence-electron chi connectivity index (χ2n) is 8.00. The Hall–Kier alpha value is -1.55. The van der Waals surface area contributed by atoms with Crippen LogP contribution < -0.4 is 0 Å². The molecule has 1 aliphatic heterocycles. The lowest BCUT2D eigenvalue weighted by Gasteiger charge is -2.43. The van der Waals surface area contributed by atoms with Crippen molar-refractivity contribution in [3.05, 3.63) is 35.9 Å². The van der Waals surface area contributed by atoms with E-state index in [2.05, 4.69) is 32.9 Å². The van der Waals surface area contributed by atoms with Gasteiger partial charge in [-0.15, -0.1) is 0 Å². The molecule has 0 aromatic heterocycles. The molecule has 1 fully saturated rings. The minimum absolute atomic E-state index is 0.0130. The fraction of sp³-hybridized carbons (Fsp3) is 0.650. The molecular weight excluding hydrogens is 302 g/mol. The zero-order valence-electron chi connectivity index (χ0n) is 15.8. The van der Waals surface area contributed by atoms with Crippen molar-refractivity contribution in [2.75, 3.05) is 6.54 Å². The summed E-state index contributed by atoms with van der Waals surface area (Å²) in [7, 11) is 0. The summed E-state index contributed by atoms with van der Waals surface area (Å²) >= 11 is 0. The van der Waals surface area contributed by atoms with Crippen LogP contribution in [-0.4, -0.2) is 35.3 Å². The molecule has 2 rings (SSSR count). The first kappa shape index (κ1) is 18.8. The van der Waals surface area contributed by atoms with E-state index in [1.807, 2.05) is 43.9 Å². The van der Waals surface area contributed by atoms with Crippen molar-refractivity contribution in [2.24, 2.45) is 5.92 Å². The maximum atomic E-state index is 12.7. The third kappa shape index (κ3) is 4.97. The number of ether oxygens (including phenoxy) is 2. The molecule has 1 aliphatic rings. The van der Waals surface area contributed by atoms with E-state index in [1.165, 1.54) is 0 Å². The molecular formula is C20H31NO3. The highest BCUT2D eigenvalue weighted by Gasteiger charge is 2.39. The monoisotopic (exact) mass is 333 g/mol. The molecule has 1 aromatic carbocycles. The summed E-state index contributed by atoms with van der Waals surface area (Å²) in [6.45, 7) is 12.6. The number of hydrogen-bond donors (Lipinski definition) is 0. The summed E-state index contributed by atoms with van der Waals surface area (Å²) in [4.78, 5) is 14.6. The maximum Gasteiger partial charge on any atom is 0.410 e. The van der Waals surface area contributed by atoms with Crippen molar-refractivity contribution in [2.45, 2.75) is 71.8 Å².